The topological polar surface area (TPSA) is 120 Å². The number of hydrogen-bond donors (Lipinski definition) is 2. The molecule has 1 aromatic carbocycles. The highest BCUT2D eigenvalue weighted by molar-refractivity contribution is 5.96. The highest BCUT2D eigenvalue weighted by Crippen LogP contribution is 2.19. The number of para-hydroxylation sites is 1. The Bertz CT molecular complexity index is 940. The van der Waals surface area contributed by atoms with Gasteiger partial charge in [0.25, 0.3) is 11.5 Å². The van der Waals surface area contributed by atoms with Crippen LogP contribution in [0.3, 0.4) is 0 Å². The average molecular weight is 394 g/mol. The quantitative estimate of drug-likeness (QED) is 0.647. The van der Waals surface area contributed by atoms with Gasteiger partial charge in [-0.3, -0.25) is 24.0 Å². The second-order valence-corrected chi connectivity index (χ2v) is 5.90. The van der Waals surface area contributed by atoms with Crippen molar-refractivity contribution in [3.05, 3.63) is 50.9 Å². The molecular weight excluding hydrogens is 371 g/mol. The number of anilines is 2. The molecule has 0 unspecified atom stereocenters. The van der Waals surface area contributed by atoms with Crippen molar-refractivity contribution >= 4 is 17.4 Å². The first kappa shape index (κ1) is 21.2. The molecule has 1 amide bonds. The number of nitrogens with zero attached hydrogens (tertiary/aromatic N) is 2. The van der Waals surface area contributed by atoms with Crippen molar-refractivity contribution in [2.75, 3.05) is 37.5 Å². The summed E-state index contributed by atoms with van der Waals surface area (Å²) in [5.74, 6) is -1.49. The van der Waals surface area contributed by atoms with Crippen molar-refractivity contribution in [1.29, 1.82) is 0 Å². The van der Waals surface area contributed by atoms with E-state index in [1.165, 1.54) is 29.9 Å². The molecule has 3 N–H and O–H groups in total. The van der Waals surface area contributed by atoms with Crippen molar-refractivity contribution in [3.63, 3.8) is 0 Å². The minimum absolute atomic E-state index is 0.00638. The molecule has 0 aliphatic rings. The number of H-pyrrole nitrogens is 1. The Balaban J connectivity index is 2.36. The molecule has 0 aliphatic carbocycles. The highest BCUT2D eigenvalue weighted by atomic mass is 19.1. The molecule has 9 nitrogen and oxygen atoms in total. The summed E-state index contributed by atoms with van der Waals surface area (Å²) in [7, 11) is 1.43. The lowest BCUT2D eigenvalue weighted by atomic mass is 10.3. The van der Waals surface area contributed by atoms with Crippen molar-refractivity contribution in [3.8, 4) is 5.75 Å². The zero-order chi connectivity index (χ0) is 20.7. The first-order valence-electron chi connectivity index (χ1n) is 8.69. The molecule has 0 aliphatic heterocycles. The maximum Gasteiger partial charge on any atom is 0.330 e. The van der Waals surface area contributed by atoms with E-state index < -0.39 is 29.6 Å². The number of nitrogens with one attached hydrogen (secondary N) is 1. The van der Waals surface area contributed by atoms with Gasteiger partial charge in [0.15, 0.2) is 23.9 Å². The minimum atomic E-state index is -0.801. The Morgan fingerprint density at radius 1 is 1.32 bits per heavy atom. The van der Waals surface area contributed by atoms with Crippen LogP contribution in [0.25, 0.3) is 0 Å². The number of nitrogen functional groups attached to an aromatic ring is 1. The Hall–Kier alpha value is -3.14. The van der Waals surface area contributed by atoms with Crippen LogP contribution in [0.2, 0.25) is 0 Å². The van der Waals surface area contributed by atoms with E-state index in [1.54, 1.807) is 6.07 Å². The number of rotatable bonds is 9. The van der Waals surface area contributed by atoms with Gasteiger partial charge >= 0.3 is 5.69 Å². The molecule has 0 bridgehead atoms. The van der Waals surface area contributed by atoms with E-state index in [9.17, 15) is 18.8 Å². The molecule has 2 aromatic rings. The Labute approximate surface area is 160 Å². The number of halogens is 1. The van der Waals surface area contributed by atoms with Gasteiger partial charge in [-0.05, 0) is 18.6 Å². The summed E-state index contributed by atoms with van der Waals surface area (Å²) in [4.78, 5) is 40.3. The second-order valence-electron chi connectivity index (χ2n) is 5.90. The molecule has 0 fully saturated rings. The number of methoxy groups -OCH3 is 1. The van der Waals surface area contributed by atoms with Crippen LogP contribution in [0.15, 0.2) is 33.9 Å². The van der Waals surface area contributed by atoms with Crippen LogP contribution >= 0.6 is 0 Å². The normalized spacial score (nSPS) is 10.7. The van der Waals surface area contributed by atoms with Crippen molar-refractivity contribution in [2.45, 2.75) is 19.9 Å². The predicted molar refractivity (Wildman–Crippen MR) is 102 cm³/mol. The fourth-order valence-electron chi connectivity index (χ4n) is 2.61. The smallest absolute Gasteiger partial charge is 0.330 e. The fraction of sp³-hybridized carbons (Fsp3) is 0.389. The van der Waals surface area contributed by atoms with E-state index in [0.717, 1.165) is 4.90 Å². The van der Waals surface area contributed by atoms with E-state index in [2.05, 4.69) is 4.98 Å². The monoisotopic (exact) mass is 394 g/mol. The molecule has 2 rings (SSSR count). The minimum Gasteiger partial charge on any atom is -0.481 e. The third-order valence-electron chi connectivity index (χ3n) is 3.94. The van der Waals surface area contributed by atoms with Gasteiger partial charge in [0.1, 0.15) is 5.82 Å². The van der Waals surface area contributed by atoms with Crippen LogP contribution in [-0.4, -0.2) is 42.3 Å². The lowest BCUT2D eigenvalue weighted by Crippen LogP contribution is -2.44. The predicted octanol–water partition coefficient (Wildman–Crippen LogP) is 0.726. The molecule has 0 atom stereocenters. The van der Waals surface area contributed by atoms with E-state index in [-0.39, 0.29) is 37.0 Å². The van der Waals surface area contributed by atoms with E-state index in [0.29, 0.717) is 6.42 Å². The van der Waals surface area contributed by atoms with Crippen LogP contribution in [0.1, 0.15) is 13.3 Å². The first-order valence-corrected chi connectivity index (χ1v) is 8.69. The maximum atomic E-state index is 13.7. The Kier molecular flexibility index (Phi) is 7.33. The van der Waals surface area contributed by atoms with Crippen LogP contribution in [0, 0.1) is 5.82 Å². The second kappa shape index (κ2) is 9.70. The number of benzene rings is 1. The third kappa shape index (κ3) is 4.77. The van der Waals surface area contributed by atoms with Gasteiger partial charge in [0, 0.05) is 20.2 Å². The molecule has 152 valence electrons. The summed E-state index contributed by atoms with van der Waals surface area (Å²) < 4.78 is 25.1. The molecule has 1 aromatic heterocycles. The van der Waals surface area contributed by atoms with Crippen molar-refractivity contribution < 1.29 is 18.7 Å². The zero-order valence-corrected chi connectivity index (χ0v) is 15.7. The van der Waals surface area contributed by atoms with Crippen LogP contribution in [-0.2, 0) is 16.1 Å². The summed E-state index contributed by atoms with van der Waals surface area (Å²) in [5, 5.41) is 0. The van der Waals surface area contributed by atoms with E-state index >= 15 is 0 Å². The number of nitrogens with two attached hydrogens (primary N) is 1. The molecule has 1 heterocycles. The lowest BCUT2D eigenvalue weighted by Gasteiger charge is -2.24. The summed E-state index contributed by atoms with van der Waals surface area (Å²) in [6, 6.07) is 5.64. The first-order chi connectivity index (χ1) is 13.4. The van der Waals surface area contributed by atoms with Crippen LogP contribution in [0.5, 0.6) is 5.75 Å². The molecule has 0 saturated heterocycles. The standard InChI is InChI=1S/C18H23FN4O5/c1-3-8-23-16(20)15(17(25)21-18(23)26)22(9-10-27-2)14(24)11-28-13-7-5-4-6-12(13)19/h4-7H,3,8-11,20H2,1-2H3,(H,21,25,26). The Morgan fingerprint density at radius 2 is 2.04 bits per heavy atom. The van der Waals surface area contributed by atoms with Gasteiger partial charge in [-0.1, -0.05) is 19.1 Å². The average Bonchev–Trinajstić information content (AvgIpc) is 2.66. The fourth-order valence-corrected chi connectivity index (χ4v) is 2.61. The zero-order valence-electron chi connectivity index (χ0n) is 15.7. The van der Waals surface area contributed by atoms with Crippen molar-refractivity contribution in [1.82, 2.24) is 9.55 Å². The number of aromatic nitrogens is 2. The van der Waals surface area contributed by atoms with Gasteiger partial charge in [-0.15, -0.1) is 0 Å². The molecular formula is C18H23FN4O5. The van der Waals surface area contributed by atoms with E-state index in [4.69, 9.17) is 15.2 Å². The SMILES string of the molecule is CCCn1c(N)c(N(CCOC)C(=O)COc2ccccc2F)c(=O)[nH]c1=O. The Morgan fingerprint density at radius 3 is 2.68 bits per heavy atom. The molecule has 28 heavy (non-hydrogen) atoms. The molecule has 10 heteroatoms. The van der Waals surface area contributed by atoms with E-state index in [1.807, 2.05) is 6.92 Å². The van der Waals surface area contributed by atoms with Gasteiger partial charge in [0.2, 0.25) is 0 Å². The van der Waals surface area contributed by atoms with Gasteiger partial charge in [-0.25, -0.2) is 9.18 Å². The lowest BCUT2D eigenvalue weighted by molar-refractivity contribution is -0.120. The number of ether oxygens (including phenoxy) is 2. The maximum absolute atomic E-state index is 13.7. The molecule has 0 saturated carbocycles. The number of carbonyl (C=O) groups excluding carboxylic acids is 1. The van der Waals surface area contributed by atoms with Gasteiger partial charge in [0.05, 0.1) is 6.61 Å². The van der Waals surface area contributed by atoms with Crippen LogP contribution in [0.4, 0.5) is 15.9 Å². The van der Waals surface area contributed by atoms with Gasteiger partial charge in [-0.2, -0.15) is 0 Å². The summed E-state index contributed by atoms with van der Waals surface area (Å²) in [6.07, 6.45) is 0.595. The summed E-state index contributed by atoms with van der Waals surface area (Å²) >= 11 is 0. The number of carbonyl (C=O) groups is 1. The summed E-state index contributed by atoms with van der Waals surface area (Å²) in [6.45, 7) is 1.68. The molecule has 0 radical (unpaired) electrons. The number of aromatic amines is 1. The van der Waals surface area contributed by atoms with Crippen molar-refractivity contribution in [2.24, 2.45) is 0 Å². The van der Waals surface area contributed by atoms with Gasteiger partial charge < -0.3 is 15.2 Å². The number of hydrogen-bond acceptors (Lipinski definition) is 6. The molecule has 0 spiro atoms. The number of amides is 1. The highest BCUT2D eigenvalue weighted by Gasteiger charge is 2.24. The largest absolute Gasteiger partial charge is 0.481 e. The third-order valence-corrected chi connectivity index (χ3v) is 3.94. The van der Waals surface area contributed by atoms with Crippen LogP contribution < -0.4 is 26.6 Å². The summed E-state index contributed by atoms with van der Waals surface area (Å²) in [5.41, 5.74) is 4.39.